The maximum Gasteiger partial charge on any atom is 0.314 e. The lowest BCUT2D eigenvalue weighted by molar-refractivity contribution is 0.211. The molecule has 0 aliphatic carbocycles. The fourth-order valence-corrected chi connectivity index (χ4v) is 5.01. The van der Waals surface area contributed by atoms with Crippen LogP contribution in [0.2, 0.25) is 0 Å². The van der Waals surface area contributed by atoms with E-state index < -0.39 is 15.9 Å². The molecule has 1 heterocycles. The Morgan fingerprint density at radius 3 is 2.10 bits per heavy atom. The minimum atomic E-state index is -3.56. The van der Waals surface area contributed by atoms with Crippen molar-refractivity contribution in [3.63, 3.8) is 0 Å². The Labute approximate surface area is 177 Å². The van der Waals surface area contributed by atoms with Gasteiger partial charge in [0.15, 0.2) is 9.84 Å². The van der Waals surface area contributed by atoms with Gasteiger partial charge in [0.1, 0.15) is 5.03 Å². The molecule has 7 heteroatoms. The molecule has 0 unspecified atom stereocenters. The third-order valence-corrected chi connectivity index (χ3v) is 6.33. The second kappa shape index (κ2) is 8.75. The van der Waals surface area contributed by atoms with Crippen molar-refractivity contribution in [2.45, 2.75) is 25.3 Å². The highest BCUT2D eigenvalue weighted by Crippen LogP contribution is 2.38. The zero-order chi connectivity index (χ0) is 21.9. The summed E-state index contributed by atoms with van der Waals surface area (Å²) < 4.78 is 27.8. The fourth-order valence-electron chi connectivity index (χ4n) is 3.83. The van der Waals surface area contributed by atoms with Crippen LogP contribution >= 0.6 is 0 Å². The summed E-state index contributed by atoms with van der Waals surface area (Å²) in [7, 11) is -3.56. The fraction of sp³-hybridized carbons (Fsp3) is 0.261. The van der Waals surface area contributed by atoms with Crippen LogP contribution in [0.3, 0.4) is 0 Å². The average Bonchev–Trinajstić information content (AvgIpc) is 3.02. The SMILES string of the molecule is CCN(CCc1c(-c2ccccc2)c(S(C)(=O)=O)n(-c2ccccc2)c1C)C(N)=O. The van der Waals surface area contributed by atoms with Gasteiger partial charge in [-0.25, -0.2) is 13.2 Å². The van der Waals surface area contributed by atoms with Crippen LogP contribution < -0.4 is 5.73 Å². The van der Waals surface area contributed by atoms with Gasteiger partial charge in [-0.05, 0) is 43.5 Å². The van der Waals surface area contributed by atoms with Gasteiger partial charge < -0.3 is 15.2 Å². The van der Waals surface area contributed by atoms with E-state index in [1.165, 1.54) is 6.26 Å². The first kappa shape index (κ1) is 21.6. The summed E-state index contributed by atoms with van der Waals surface area (Å²) in [6.07, 6.45) is 1.73. The van der Waals surface area contributed by atoms with Gasteiger partial charge >= 0.3 is 6.03 Å². The first-order valence-corrected chi connectivity index (χ1v) is 11.7. The van der Waals surface area contributed by atoms with Crippen molar-refractivity contribution in [3.05, 3.63) is 71.9 Å². The topological polar surface area (TPSA) is 85.4 Å². The van der Waals surface area contributed by atoms with E-state index in [0.29, 0.717) is 25.1 Å². The number of carbonyl (C=O) groups excluding carboxylic acids is 1. The summed E-state index contributed by atoms with van der Waals surface area (Å²) in [6.45, 7) is 4.69. The van der Waals surface area contributed by atoms with Crippen LogP contribution in [0.25, 0.3) is 16.8 Å². The van der Waals surface area contributed by atoms with Crippen LogP contribution in [0.5, 0.6) is 0 Å². The summed E-state index contributed by atoms with van der Waals surface area (Å²) in [5, 5.41) is 0.259. The maximum absolute atomic E-state index is 13.0. The molecule has 0 radical (unpaired) electrons. The van der Waals surface area contributed by atoms with Crippen molar-refractivity contribution in [1.29, 1.82) is 0 Å². The second-order valence-corrected chi connectivity index (χ2v) is 9.15. The number of benzene rings is 2. The predicted octanol–water partition coefficient (Wildman–Crippen LogP) is 3.80. The normalized spacial score (nSPS) is 11.4. The molecule has 0 spiro atoms. The highest BCUT2D eigenvalue weighted by Gasteiger charge is 2.28. The number of primary amides is 1. The van der Waals surface area contributed by atoms with E-state index in [2.05, 4.69) is 0 Å². The number of rotatable bonds is 7. The van der Waals surface area contributed by atoms with Gasteiger partial charge in [-0.15, -0.1) is 0 Å². The molecule has 1 aromatic heterocycles. The van der Waals surface area contributed by atoms with Crippen molar-refractivity contribution in [2.75, 3.05) is 19.3 Å². The van der Waals surface area contributed by atoms with Gasteiger partial charge in [0.05, 0.1) is 0 Å². The van der Waals surface area contributed by atoms with Crippen LogP contribution in [-0.2, 0) is 16.3 Å². The van der Waals surface area contributed by atoms with E-state index in [4.69, 9.17) is 5.73 Å². The minimum Gasteiger partial charge on any atom is -0.351 e. The predicted molar refractivity (Wildman–Crippen MR) is 120 cm³/mol. The molecule has 158 valence electrons. The quantitative estimate of drug-likeness (QED) is 0.625. The van der Waals surface area contributed by atoms with Crippen molar-refractivity contribution >= 4 is 15.9 Å². The monoisotopic (exact) mass is 425 g/mol. The third-order valence-electron chi connectivity index (χ3n) is 5.24. The van der Waals surface area contributed by atoms with Gasteiger partial charge in [-0.1, -0.05) is 48.5 Å². The largest absolute Gasteiger partial charge is 0.351 e. The molecule has 3 aromatic rings. The van der Waals surface area contributed by atoms with Crippen molar-refractivity contribution < 1.29 is 13.2 Å². The zero-order valence-corrected chi connectivity index (χ0v) is 18.3. The molecular formula is C23H27N3O3S. The lowest BCUT2D eigenvalue weighted by Gasteiger charge is -2.18. The van der Waals surface area contributed by atoms with Gasteiger partial charge in [-0.2, -0.15) is 0 Å². The molecule has 2 N–H and O–H groups in total. The van der Waals surface area contributed by atoms with Crippen LogP contribution in [0.4, 0.5) is 4.79 Å². The summed E-state index contributed by atoms with van der Waals surface area (Å²) in [4.78, 5) is 13.2. The van der Waals surface area contributed by atoms with E-state index in [9.17, 15) is 13.2 Å². The lowest BCUT2D eigenvalue weighted by Crippen LogP contribution is -2.37. The molecule has 0 atom stereocenters. The molecule has 30 heavy (non-hydrogen) atoms. The van der Waals surface area contributed by atoms with Crippen molar-refractivity contribution in [2.24, 2.45) is 5.73 Å². The summed E-state index contributed by atoms with van der Waals surface area (Å²) in [5.74, 6) is 0. The molecule has 2 amide bonds. The number of carbonyl (C=O) groups is 1. The van der Waals surface area contributed by atoms with E-state index in [-0.39, 0.29) is 5.03 Å². The smallest absolute Gasteiger partial charge is 0.314 e. The molecule has 0 saturated carbocycles. The minimum absolute atomic E-state index is 0.259. The van der Waals surface area contributed by atoms with E-state index in [1.54, 1.807) is 9.47 Å². The number of amides is 2. The number of likely N-dealkylation sites (N-methyl/N-ethyl adjacent to an activating group) is 1. The number of para-hydroxylation sites is 1. The number of hydrogen-bond donors (Lipinski definition) is 1. The van der Waals surface area contributed by atoms with Crippen molar-refractivity contribution in [3.8, 4) is 16.8 Å². The molecule has 3 rings (SSSR count). The standard InChI is InChI=1S/C23H27N3O3S/c1-4-25(23(24)27)16-15-20-17(2)26(19-13-9-6-10-14-19)22(30(3,28)29)21(20)18-11-7-5-8-12-18/h5-14H,4,15-16H2,1-3H3,(H2,24,27). The first-order chi connectivity index (χ1) is 14.3. The van der Waals surface area contributed by atoms with Gasteiger partial charge in [0, 0.05) is 36.3 Å². The molecule has 0 aliphatic rings. The third kappa shape index (κ3) is 4.26. The first-order valence-electron chi connectivity index (χ1n) is 9.85. The van der Waals surface area contributed by atoms with Crippen molar-refractivity contribution in [1.82, 2.24) is 9.47 Å². The molecule has 6 nitrogen and oxygen atoms in total. The molecule has 0 saturated heterocycles. The van der Waals surface area contributed by atoms with E-state index in [1.807, 2.05) is 74.5 Å². The van der Waals surface area contributed by atoms with Gasteiger partial charge in [-0.3, -0.25) is 0 Å². The Hall–Kier alpha value is -3.06. The number of urea groups is 1. The highest BCUT2D eigenvalue weighted by atomic mass is 32.2. The van der Waals surface area contributed by atoms with E-state index >= 15 is 0 Å². The van der Waals surface area contributed by atoms with Gasteiger partial charge in [0.2, 0.25) is 0 Å². The lowest BCUT2D eigenvalue weighted by atomic mass is 10.0. The Balaban J connectivity index is 2.30. The van der Waals surface area contributed by atoms with Crippen LogP contribution in [0, 0.1) is 6.92 Å². The van der Waals surface area contributed by atoms with Gasteiger partial charge in [0.25, 0.3) is 0 Å². The Kier molecular flexibility index (Phi) is 6.31. The zero-order valence-electron chi connectivity index (χ0n) is 17.5. The Bertz CT molecular complexity index is 1140. The number of aromatic nitrogens is 1. The highest BCUT2D eigenvalue weighted by molar-refractivity contribution is 7.90. The maximum atomic E-state index is 13.0. The molecule has 2 aromatic carbocycles. The summed E-state index contributed by atoms with van der Waals surface area (Å²) in [6, 6.07) is 18.5. The Morgan fingerprint density at radius 2 is 1.60 bits per heavy atom. The summed E-state index contributed by atoms with van der Waals surface area (Å²) >= 11 is 0. The number of sulfone groups is 1. The number of nitrogens with zero attached hydrogens (tertiary/aromatic N) is 2. The molecule has 0 aliphatic heterocycles. The number of nitrogens with two attached hydrogens (primary N) is 1. The van der Waals surface area contributed by atoms with Crippen LogP contribution in [-0.4, -0.2) is 43.3 Å². The molecule has 0 bridgehead atoms. The van der Waals surface area contributed by atoms with Crippen LogP contribution in [0.15, 0.2) is 65.7 Å². The summed E-state index contributed by atoms with van der Waals surface area (Å²) in [5.41, 5.74) is 9.49. The molecule has 0 fully saturated rings. The van der Waals surface area contributed by atoms with E-state index in [0.717, 1.165) is 22.5 Å². The second-order valence-electron chi connectivity index (χ2n) is 7.22. The van der Waals surface area contributed by atoms with Crippen LogP contribution in [0.1, 0.15) is 18.2 Å². The Morgan fingerprint density at radius 1 is 1.03 bits per heavy atom. The average molecular weight is 426 g/mol. The molecular weight excluding hydrogens is 398 g/mol. The number of hydrogen-bond acceptors (Lipinski definition) is 3.